The Labute approximate surface area is 124 Å². The number of hydrogen-bond donors (Lipinski definition) is 1. The highest BCUT2D eigenvalue weighted by atomic mass is 31.2. The molecule has 0 bridgehead atoms. The highest BCUT2D eigenvalue weighted by Gasteiger charge is 2.36. The van der Waals surface area contributed by atoms with Crippen molar-refractivity contribution in [3.8, 4) is 0 Å². The maximum atomic E-state index is 12.9. The molecule has 0 radical (unpaired) electrons. The molecule has 21 heavy (non-hydrogen) atoms. The minimum absolute atomic E-state index is 0.205. The zero-order valence-electron chi connectivity index (χ0n) is 12.5. The maximum Gasteiger partial charge on any atom is 0.353 e. The molecule has 0 fully saturated rings. The molecule has 0 saturated carbocycles. The largest absolute Gasteiger partial charge is 0.353 e. The van der Waals surface area contributed by atoms with Crippen LogP contribution in [0.4, 0.5) is 4.39 Å². The van der Waals surface area contributed by atoms with Gasteiger partial charge in [0.25, 0.3) is 0 Å². The lowest BCUT2D eigenvalue weighted by atomic mass is 10.1. The van der Waals surface area contributed by atoms with Gasteiger partial charge in [-0.05, 0) is 31.5 Å². The lowest BCUT2D eigenvalue weighted by Gasteiger charge is -2.26. The highest BCUT2D eigenvalue weighted by Crippen LogP contribution is 2.52. The molecule has 7 heteroatoms. The molecule has 5 nitrogen and oxygen atoms in total. The van der Waals surface area contributed by atoms with Crippen LogP contribution in [0.5, 0.6) is 0 Å². The topological polar surface area (TPSA) is 64.6 Å². The van der Waals surface area contributed by atoms with E-state index in [1.54, 1.807) is 26.0 Å². The molecule has 1 rings (SSSR count). The molecular formula is C14H21FNO4P. The molecule has 1 amide bonds. The van der Waals surface area contributed by atoms with E-state index in [1.165, 1.54) is 19.1 Å². The Morgan fingerprint density at radius 1 is 1.24 bits per heavy atom. The molecule has 1 N–H and O–H groups in total. The van der Waals surface area contributed by atoms with Crippen molar-refractivity contribution in [2.75, 3.05) is 13.2 Å². The van der Waals surface area contributed by atoms with E-state index in [9.17, 15) is 13.8 Å². The number of carbonyl (C=O) groups excluding carboxylic acids is 1. The Morgan fingerprint density at radius 3 is 2.19 bits per heavy atom. The lowest BCUT2D eigenvalue weighted by Crippen LogP contribution is -2.36. The van der Waals surface area contributed by atoms with E-state index < -0.39 is 13.4 Å². The van der Waals surface area contributed by atoms with Crippen LogP contribution in [0, 0.1) is 5.82 Å². The molecule has 1 aromatic rings. The number of amides is 1. The molecule has 0 unspecified atom stereocenters. The van der Waals surface area contributed by atoms with Crippen LogP contribution in [0.2, 0.25) is 0 Å². The van der Waals surface area contributed by atoms with Gasteiger partial charge < -0.3 is 14.4 Å². The van der Waals surface area contributed by atoms with Gasteiger partial charge in [0.2, 0.25) is 5.91 Å². The Bertz CT molecular complexity index is 496. The summed E-state index contributed by atoms with van der Waals surface area (Å²) in [5.74, 6) is -1.49. The van der Waals surface area contributed by atoms with Crippen LogP contribution in [0.3, 0.4) is 0 Å². The first-order valence-corrected chi connectivity index (χ1v) is 8.42. The average Bonchev–Trinajstić information content (AvgIpc) is 2.40. The Hall–Kier alpha value is -1.23. The van der Waals surface area contributed by atoms with Gasteiger partial charge in [-0.1, -0.05) is 12.1 Å². The number of hydrogen-bond acceptors (Lipinski definition) is 4. The predicted octanol–water partition coefficient (Wildman–Crippen LogP) is 3.10. The molecule has 0 saturated heterocycles. The van der Waals surface area contributed by atoms with E-state index in [0.29, 0.717) is 0 Å². The van der Waals surface area contributed by atoms with E-state index in [0.717, 1.165) is 5.56 Å². The van der Waals surface area contributed by atoms with E-state index >= 15 is 0 Å². The quantitative estimate of drug-likeness (QED) is 0.748. The fraction of sp³-hybridized carbons (Fsp3) is 0.500. The van der Waals surface area contributed by atoms with Gasteiger partial charge in [-0.2, -0.15) is 0 Å². The summed E-state index contributed by atoms with van der Waals surface area (Å²) in [6.45, 7) is 5.15. The number of rotatable bonds is 8. The van der Waals surface area contributed by atoms with E-state index in [4.69, 9.17) is 9.05 Å². The smallest absolute Gasteiger partial charge is 0.342 e. The van der Waals surface area contributed by atoms with Crippen molar-refractivity contribution >= 4 is 13.5 Å². The van der Waals surface area contributed by atoms with E-state index in [-0.39, 0.29) is 31.4 Å². The maximum absolute atomic E-state index is 12.9. The van der Waals surface area contributed by atoms with Crippen LogP contribution in [0.1, 0.15) is 26.3 Å². The van der Waals surface area contributed by atoms with Gasteiger partial charge in [-0.25, -0.2) is 4.39 Å². The molecular weight excluding hydrogens is 296 g/mol. The highest BCUT2D eigenvalue weighted by molar-refractivity contribution is 7.54. The van der Waals surface area contributed by atoms with Crippen LogP contribution in [-0.4, -0.2) is 24.9 Å². The third-order valence-electron chi connectivity index (χ3n) is 2.71. The summed E-state index contributed by atoms with van der Waals surface area (Å²) in [5.41, 5.74) is 0.731. The molecule has 0 aromatic heterocycles. The minimum atomic E-state index is -3.49. The first-order valence-electron chi connectivity index (χ1n) is 6.81. The number of halogens is 1. The summed E-state index contributed by atoms with van der Waals surface area (Å²) < 4.78 is 36.3. The summed E-state index contributed by atoms with van der Waals surface area (Å²) in [6.07, 6.45) is 0.233. The molecule has 0 aliphatic rings. The first-order chi connectivity index (χ1) is 9.91. The Balaban J connectivity index is 2.99. The van der Waals surface area contributed by atoms with Gasteiger partial charge in [0.1, 0.15) is 11.6 Å². The summed E-state index contributed by atoms with van der Waals surface area (Å²) in [5, 5.41) is 2.61. The van der Waals surface area contributed by atoms with E-state index in [1.807, 2.05) is 0 Å². The third-order valence-corrected chi connectivity index (χ3v) is 5.02. The molecule has 118 valence electrons. The van der Waals surface area contributed by atoms with Crippen molar-refractivity contribution in [3.63, 3.8) is 0 Å². The zero-order chi connectivity index (χ0) is 15.9. The fourth-order valence-corrected chi connectivity index (χ4v) is 3.83. The zero-order valence-corrected chi connectivity index (χ0v) is 13.4. The van der Waals surface area contributed by atoms with Gasteiger partial charge in [0, 0.05) is 13.3 Å². The van der Waals surface area contributed by atoms with Crippen LogP contribution >= 0.6 is 7.60 Å². The normalized spacial score (nSPS) is 13.0. The van der Waals surface area contributed by atoms with Crippen LogP contribution in [0.25, 0.3) is 0 Å². The number of carbonyl (C=O) groups is 1. The third kappa shape index (κ3) is 5.58. The average molecular weight is 317 g/mol. The van der Waals surface area contributed by atoms with Crippen molar-refractivity contribution in [1.29, 1.82) is 0 Å². The number of benzene rings is 1. The van der Waals surface area contributed by atoms with E-state index in [2.05, 4.69) is 5.32 Å². The van der Waals surface area contributed by atoms with Gasteiger partial charge in [-0.15, -0.1) is 0 Å². The SMILES string of the molecule is CCOP(=O)(OCC)[C@H](Cc1ccc(F)cc1)NC(C)=O. The predicted molar refractivity (Wildman–Crippen MR) is 78.6 cm³/mol. The van der Waals surface area contributed by atoms with Crippen molar-refractivity contribution < 1.29 is 22.8 Å². The van der Waals surface area contributed by atoms with Gasteiger partial charge in [0.15, 0.2) is 0 Å². The molecule has 0 aliphatic carbocycles. The van der Waals surface area contributed by atoms with Crippen LogP contribution < -0.4 is 5.32 Å². The van der Waals surface area contributed by atoms with Crippen molar-refractivity contribution in [3.05, 3.63) is 35.6 Å². The minimum Gasteiger partial charge on any atom is -0.342 e. The summed E-state index contributed by atoms with van der Waals surface area (Å²) in [7, 11) is -3.49. The Morgan fingerprint density at radius 2 is 1.76 bits per heavy atom. The standard InChI is InChI=1S/C14H21FNO4P/c1-4-19-21(18,20-5-2)14(16-11(3)17)10-12-6-8-13(15)9-7-12/h6-9,14H,4-5,10H2,1-3H3,(H,16,17)/t14-/m1/s1. The second-order valence-corrected chi connectivity index (χ2v) is 6.64. The molecule has 0 spiro atoms. The molecule has 1 atom stereocenters. The van der Waals surface area contributed by atoms with Crippen molar-refractivity contribution in [2.24, 2.45) is 0 Å². The molecule has 0 heterocycles. The van der Waals surface area contributed by atoms with Gasteiger partial charge in [-0.3, -0.25) is 9.36 Å². The second-order valence-electron chi connectivity index (χ2n) is 4.42. The monoisotopic (exact) mass is 317 g/mol. The van der Waals surface area contributed by atoms with Crippen LogP contribution in [0.15, 0.2) is 24.3 Å². The molecule has 1 aromatic carbocycles. The summed E-state index contributed by atoms with van der Waals surface area (Å²) in [4.78, 5) is 11.4. The summed E-state index contributed by atoms with van der Waals surface area (Å²) in [6, 6.07) is 5.78. The molecule has 0 aliphatic heterocycles. The van der Waals surface area contributed by atoms with Gasteiger partial charge in [0.05, 0.1) is 13.2 Å². The van der Waals surface area contributed by atoms with Gasteiger partial charge >= 0.3 is 7.60 Å². The summed E-state index contributed by atoms with van der Waals surface area (Å²) >= 11 is 0. The van der Waals surface area contributed by atoms with Crippen molar-refractivity contribution in [2.45, 2.75) is 33.0 Å². The van der Waals surface area contributed by atoms with Crippen molar-refractivity contribution in [1.82, 2.24) is 5.32 Å². The lowest BCUT2D eigenvalue weighted by molar-refractivity contribution is -0.119. The number of nitrogens with one attached hydrogen (secondary N) is 1. The second kappa shape index (κ2) is 8.27. The first kappa shape index (κ1) is 17.8. The Kier molecular flexibility index (Phi) is 7.02. The van der Waals surface area contributed by atoms with Crippen LogP contribution in [-0.2, 0) is 24.8 Å². The fourth-order valence-electron chi connectivity index (χ4n) is 1.90.